The summed E-state index contributed by atoms with van der Waals surface area (Å²) >= 11 is 6.60. The van der Waals surface area contributed by atoms with Crippen LogP contribution in [0.25, 0.3) is 10.9 Å². The average molecular weight is 406 g/mol. The lowest BCUT2D eigenvalue weighted by Crippen LogP contribution is -2.02. The van der Waals surface area contributed by atoms with Gasteiger partial charge in [0.25, 0.3) is 0 Å². The minimum absolute atomic E-state index is 0.480. The molecular formula is C24H20ClNO3. The normalized spacial score (nSPS) is 12.0. The molecule has 1 unspecified atom stereocenters. The number of methoxy groups -OCH3 is 1. The van der Waals surface area contributed by atoms with E-state index in [9.17, 15) is 5.11 Å². The minimum Gasteiger partial charge on any atom is -0.497 e. The molecule has 3 aromatic carbocycles. The van der Waals surface area contributed by atoms with Gasteiger partial charge in [-0.05, 0) is 35.4 Å². The van der Waals surface area contributed by atoms with Crippen molar-refractivity contribution in [2.75, 3.05) is 7.11 Å². The molecule has 0 spiro atoms. The molecule has 0 saturated carbocycles. The van der Waals surface area contributed by atoms with Crippen molar-refractivity contribution in [3.8, 4) is 11.5 Å². The Morgan fingerprint density at radius 1 is 0.966 bits per heavy atom. The van der Waals surface area contributed by atoms with Crippen molar-refractivity contribution in [3.63, 3.8) is 0 Å². The molecule has 0 aliphatic rings. The van der Waals surface area contributed by atoms with E-state index >= 15 is 0 Å². The van der Waals surface area contributed by atoms with E-state index < -0.39 is 6.10 Å². The first kappa shape index (κ1) is 19.2. The highest BCUT2D eigenvalue weighted by atomic mass is 35.5. The zero-order valence-electron chi connectivity index (χ0n) is 15.9. The number of aliphatic hydroxyl groups is 1. The van der Waals surface area contributed by atoms with Crippen molar-refractivity contribution in [1.82, 2.24) is 4.98 Å². The van der Waals surface area contributed by atoms with E-state index in [1.807, 2.05) is 60.7 Å². The van der Waals surface area contributed by atoms with Gasteiger partial charge in [0.1, 0.15) is 24.2 Å². The zero-order valence-corrected chi connectivity index (χ0v) is 16.6. The molecule has 0 aliphatic carbocycles. The fraction of sp³-hybridized carbons (Fsp3) is 0.125. The standard InChI is InChI=1S/C24H20ClNO3/c1-28-18-9-7-17(8-10-18)24(27)21-14-26-22-13-19(11-12-20(22)23(21)25)29-15-16-5-3-2-4-6-16/h2-14,24,27H,15H2,1H3. The molecule has 1 atom stereocenters. The quantitative estimate of drug-likeness (QED) is 0.456. The summed E-state index contributed by atoms with van der Waals surface area (Å²) in [6, 6.07) is 22.8. The first-order chi connectivity index (χ1) is 14.2. The molecule has 4 rings (SSSR count). The second-order valence-corrected chi connectivity index (χ2v) is 7.03. The van der Waals surface area contributed by atoms with Gasteiger partial charge in [-0.25, -0.2) is 0 Å². The Bertz CT molecular complexity index is 1110. The van der Waals surface area contributed by atoms with E-state index in [4.69, 9.17) is 21.1 Å². The SMILES string of the molecule is COc1ccc(C(O)c2cnc3cc(OCc4ccccc4)ccc3c2Cl)cc1. The molecule has 0 saturated heterocycles. The number of ether oxygens (including phenoxy) is 2. The lowest BCUT2D eigenvalue weighted by atomic mass is 10.0. The fourth-order valence-corrected chi connectivity index (χ4v) is 3.45. The highest BCUT2D eigenvalue weighted by Gasteiger charge is 2.17. The summed E-state index contributed by atoms with van der Waals surface area (Å²) in [5, 5.41) is 12.0. The summed E-state index contributed by atoms with van der Waals surface area (Å²) in [6.45, 7) is 0.481. The smallest absolute Gasteiger partial charge is 0.122 e. The highest BCUT2D eigenvalue weighted by molar-refractivity contribution is 6.36. The van der Waals surface area contributed by atoms with Gasteiger partial charge in [-0.15, -0.1) is 0 Å². The summed E-state index contributed by atoms with van der Waals surface area (Å²) in [5.41, 5.74) is 3.08. The summed E-state index contributed by atoms with van der Waals surface area (Å²) in [4.78, 5) is 4.49. The maximum absolute atomic E-state index is 10.8. The van der Waals surface area contributed by atoms with Gasteiger partial charge in [0.2, 0.25) is 0 Å². The van der Waals surface area contributed by atoms with Crippen molar-refractivity contribution in [2.45, 2.75) is 12.7 Å². The second-order valence-electron chi connectivity index (χ2n) is 6.66. The van der Waals surface area contributed by atoms with Crippen LogP contribution in [0.3, 0.4) is 0 Å². The monoisotopic (exact) mass is 405 g/mol. The molecule has 5 heteroatoms. The van der Waals surface area contributed by atoms with Crippen molar-refractivity contribution in [1.29, 1.82) is 0 Å². The van der Waals surface area contributed by atoms with E-state index in [1.165, 1.54) is 0 Å². The van der Waals surface area contributed by atoms with Crippen molar-refractivity contribution < 1.29 is 14.6 Å². The summed E-state index contributed by atoms with van der Waals surface area (Å²) in [5.74, 6) is 1.44. The molecule has 0 bridgehead atoms. The van der Waals surface area contributed by atoms with Crippen molar-refractivity contribution in [2.24, 2.45) is 0 Å². The van der Waals surface area contributed by atoms with Gasteiger partial charge in [0, 0.05) is 23.2 Å². The summed E-state index contributed by atoms with van der Waals surface area (Å²) in [6.07, 6.45) is 0.736. The first-order valence-electron chi connectivity index (χ1n) is 9.22. The maximum Gasteiger partial charge on any atom is 0.122 e. The molecule has 1 aromatic heterocycles. The van der Waals surface area contributed by atoms with Crippen LogP contribution in [0, 0.1) is 0 Å². The molecule has 1 N–H and O–H groups in total. The first-order valence-corrected chi connectivity index (χ1v) is 9.60. The van der Waals surface area contributed by atoms with Crippen LogP contribution in [-0.2, 0) is 6.61 Å². The van der Waals surface area contributed by atoms with Crippen LogP contribution in [0.2, 0.25) is 5.02 Å². The number of aliphatic hydroxyl groups excluding tert-OH is 1. The topological polar surface area (TPSA) is 51.6 Å². The third-order valence-corrected chi connectivity index (χ3v) is 5.20. The average Bonchev–Trinajstić information content (AvgIpc) is 2.78. The Hall–Kier alpha value is -3.08. The Morgan fingerprint density at radius 3 is 2.41 bits per heavy atom. The van der Waals surface area contributed by atoms with Gasteiger partial charge < -0.3 is 14.6 Å². The van der Waals surface area contributed by atoms with Crippen LogP contribution >= 0.6 is 11.6 Å². The molecule has 0 fully saturated rings. The van der Waals surface area contributed by atoms with Crippen LogP contribution in [0.4, 0.5) is 0 Å². The van der Waals surface area contributed by atoms with Gasteiger partial charge in [-0.2, -0.15) is 0 Å². The Kier molecular flexibility index (Phi) is 5.65. The number of hydrogen-bond donors (Lipinski definition) is 1. The van der Waals surface area contributed by atoms with E-state index in [2.05, 4.69) is 4.98 Å². The Morgan fingerprint density at radius 2 is 1.69 bits per heavy atom. The molecule has 4 nitrogen and oxygen atoms in total. The molecule has 146 valence electrons. The lowest BCUT2D eigenvalue weighted by Gasteiger charge is -2.15. The number of hydrogen-bond acceptors (Lipinski definition) is 4. The van der Waals surface area contributed by atoms with Crippen LogP contribution in [0.15, 0.2) is 79.0 Å². The highest BCUT2D eigenvalue weighted by Crippen LogP contribution is 2.34. The van der Waals surface area contributed by atoms with Gasteiger partial charge in [-0.3, -0.25) is 4.98 Å². The zero-order chi connectivity index (χ0) is 20.2. The number of fused-ring (bicyclic) bond motifs is 1. The lowest BCUT2D eigenvalue weighted by molar-refractivity contribution is 0.220. The van der Waals surface area contributed by atoms with E-state index in [0.717, 1.165) is 22.3 Å². The third-order valence-electron chi connectivity index (χ3n) is 4.78. The number of benzene rings is 3. The maximum atomic E-state index is 10.8. The van der Waals surface area contributed by atoms with Gasteiger partial charge in [-0.1, -0.05) is 54.1 Å². The Balaban J connectivity index is 1.58. The van der Waals surface area contributed by atoms with E-state index in [1.54, 1.807) is 25.4 Å². The predicted molar refractivity (Wildman–Crippen MR) is 115 cm³/mol. The Labute approximate surface area is 174 Å². The van der Waals surface area contributed by atoms with E-state index in [0.29, 0.717) is 28.5 Å². The largest absolute Gasteiger partial charge is 0.497 e. The third kappa shape index (κ3) is 4.19. The molecule has 0 amide bonds. The number of pyridine rings is 1. The van der Waals surface area contributed by atoms with Crippen molar-refractivity contribution >= 4 is 22.5 Å². The van der Waals surface area contributed by atoms with Crippen molar-refractivity contribution in [3.05, 3.63) is 101 Å². The van der Waals surface area contributed by atoms with Gasteiger partial charge in [0.05, 0.1) is 17.6 Å². The van der Waals surface area contributed by atoms with Crippen LogP contribution in [0.5, 0.6) is 11.5 Å². The number of rotatable bonds is 6. The molecule has 29 heavy (non-hydrogen) atoms. The molecule has 0 aliphatic heterocycles. The predicted octanol–water partition coefficient (Wildman–Crippen LogP) is 5.56. The number of nitrogens with zero attached hydrogens (tertiary/aromatic N) is 1. The van der Waals surface area contributed by atoms with Crippen LogP contribution < -0.4 is 9.47 Å². The van der Waals surface area contributed by atoms with Crippen LogP contribution in [0.1, 0.15) is 22.8 Å². The second kappa shape index (κ2) is 8.52. The van der Waals surface area contributed by atoms with Crippen LogP contribution in [-0.4, -0.2) is 17.2 Å². The number of halogens is 1. The van der Waals surface area contributed by atoms with E-state index in [-0.39, 0.29) is 0 Å². The number of aromatic nitrogens is 1. The summed E-state index contributed by atoms with van der Waals surface area (Å²) < 4.78 is 11.0. The molecule has 4 aromatic rings. The summed E-state index contributed by atoms with van der Waals surface area (Å²) in [7, 11) is 1.60. The molecule has 1 heterocycles. The van der Waals surface area contributed by atoms with Gasteiger partial charge >= 0.3 is 0 Å². The minimum atomic E-state index is -0.876. The van der Waals surface area contributed by atoms with Gasteiger partial charge in [0.15, 0.2) is 0 Å². The molecular weight excluding hydrogens is 386 g/mol. The fourth-order valence-electron chi connectivity index (χ4n) is 3.14. The molecule has 0 radical (unpaired) electrons.